The highest BCUT2D eigenvalue weighted by molar-refractivity contribution is 5.61. The van der Waals surface area contributed by atoms with Crippen LogP contribution in [0.5, 0.6) is 5.75 Å². The van der Waals surface area contributed by atoms with Gasteiger partial charge in [-0.05, 0) is 32.4 Å². The van der Waals surface area contributed by atoms with Crippen molar-refractivity contribution in [1.29, 1.82) is 0 Å². The first-order valence-corrected chi connectivity index (χ1v) is 7.17. The van der Waals surface area contributed by atoms with Crippen LogP contribution in [-0.2, 0) is 0 Å². The van der Waals surface area contributed by atoms with E-state index in [1.807, 2.05) is 31.2 Å². The Hall–Kier alpha value is -2.30. The second-order valence-electron chi connectivity index (χ2n) is 4.96. The Morgan fingerprint density at radius 1 is 1.33 bits per heavy atom. The predicted octanol–water partition coefficient (Wildman–Crippen LogP) is 3.75. The Morgan fingerprint density at radius 3 is 2.86 bits per heavy atom. The van der Waals surface area contributed by atoms with Crippen molar-refractivity contribution in [3.05, 3.63) is 36.0 Å². The highest BCUT2D eigenvalue weighted by Gasteiger charge is 2.05. The Morgan fingerprint density at radius 2 is 2.14 bits per heavy atom. The number of nitrogens with one attached hydrogen (secondary N) is 2. The number of benzene rings is 1. The van der Waals surface area contributed by atoms with Gasteiger partial charge in [-0.3, -0.25) is 0 Å². The van der Waals surface area contributed by atoms with Crippen molar-refractivity contribution in [3.8, 4) is 5.75 Å². The lowest BCUT2D eigenvalue weighted by atomic mass is 10.2. The van der Waals surface area contributed by atoms with Gasteiger partial charge in [0.05, 0.1) is 6.10 Å². The van der Waals surface area contributed by atoms with E-state index in [1.165, 1.54) is 0 Å². The molecule has 2 rings (SSSR count). The summed E-state index contributed by atoms with van der Waals surface area (Å²) in [6, 6.07) is 7.90. The van der Waals surface area contributed by atoms with Crippen LogP contribution in [0.1, 0.15) is 25.8 Å². The molecule has 1 atom stereocenters. The smallest absolute Gasteiger partial charge is 0.224 e. The molecule has 0 bridgehead atoms. The summed E-state index contributed by atoms with van der Waals surface area (Å²) in [6.07, 6.45) is 2.98. The van der Waals surface area contributed by atoms with E-state index in [1.54, 1.807) is 13.2 Å². The zero-order valence-electron chi connectivity index (χ0n) is 13.0. The molecule has 0 radical (unpaired) electrons. The van der Waals surface area contributed by atoms with Gasteiger partial charge in [0.15, 0.2) is 0 Å². The summed E-state index contributed by atoms with van der Waals surface area (Å²) in [5, 5.41) is 6.25. The Bertz CT molecular complexity index is 601. The van der Waals surface area contributed by atoms with E-state index in [4.69, 9.17) is 4.74 Å². The minimum absolute atomic E-state index is 0.205. The van der Waals surface area contributed by atoms with Gasteiger partial charge in [-0.1, -0.05) is 13.0 Å². The Kier molecular flexibility index (Phi) is 4.98. The van der Waals surface area contributed by atoms with E-state index >= 15 is 0 Å². The molecule has 5 heteroatoms. The zero-order valence-corrected chi connectivity index (χ0v) is 13.0. The molecular weight excluding hydrogens is 264 g/mol. The van der Waals surface area contributed by atoms with E-state index in [0.717, 1.165) is 29.2 Å². The minimum Gasteiger partial charge on any atom is -0.491 e. The summed E-state index contributed by atoms with van der Waals surface area (Å²) in [4.78, 5) is 8.60. The SMILES string of the molecule is CCC(C)Oc1cccc(Nc2nc(NC)ncc2C)c1. The standard InChI is InChI=1S/C16H22N4O/c1-5-12(3)21-14-8-6-7-13(9-14)19-15-11(2)10-18-16(17-4)20-15/h6-10,12H,5H2,1-4H3,(H2,17,18,19,20). The fourth-order valence-electron chi connectivity index (χ4n) is 1.79. The topological polar surface area (TPSA) is 59.1 Å². The van der Waals surface area contributed by atoms with E-state index in [0.29, 0.717) is 5.95 Å². The largest absolute Gasteiger partial charge is 0.491 e. The molecule has 1 heterocycles. The van der Waals surface area contributed by atoms with Crippen LogP contribution in [0.3, 0.4) is 0 Å². The quantitative estimate of drug-likeness (QED) is 0.847. The Labute approximate surface area is 125 Å². The number of hydrogen-bond acceptors (Lipinski definition) is 5. The first-order chi connectivity index (χ1) is 10.1. The van der Waals surface area contributed by atoms with Gasteiger partial charge in [0, 0.05) is 30.6 Å². The van der Waals surface area contributed by atoms with Crippen molar-refractivity contribution >= 4 is 17.5 Å². The fourth-order valence-corrected chi connectivity index (χ4v) is 1.79. The first kappa shape index (κ1) is 15.1. The third-order valence-corrected chi connectivity index (χ3v) is 3.20. The Balaban J connectivity index is 2.18. The van der Waals surface area contributed by atoms with Crippen LogP contribution in [0.2, 0.25) is 0 Å². The zero-order chi connectivity index (χ0) is 15.2. The van der Waals surface area contributed by atoms with E-state index < -0.39 is 0 Å². The maximum absolute atomic E-state index is 5.83. The second-order valence-corrected chi connectivity index (χ2v) is 4.96. The van der Waals surface area contributed by atoms with Crippen molar-refractivity contribution in [2.45, 2.75) is 33.3 Å². The first-order valence-electron chi connectivity index (χ1n) is 7.17. The lowest BCUT2D eigenvalue weighted by Crippen LogP contribution is -2.09. The van der Waals surface area contributed by atoms with Crippen LogP contribution in [0.15, 0.2) is 30.5 Å². The highest BCUT2D eigenvalue weighted by Crippen LogP contribution is 2.23. The molecule has 21 heavy (non-hydrogen) atoms. The molecule has 5 nitrogen and oxygen atoms in total. The lowest BCUT2D eigenvalue weighted by Gasteiger charge is -2.14. The van der Waals surface area contributed by atoms with Crippen molar-refractivity contribution in [2.24, 2.45) is 0 Å². The average molecular weight is 286 g/mol. The normalized spacial score (nSPS) is 11.8. The van der Waals surface area contributed by atoms with Crippen LogP contribution in [0.25, 0.3) is 0 Å². The highest BCUT2D eigenvalue weighted by atomic mass is 16.5. The van der Waals surface area contributed by atoms with Gasteiger partial charge in [-0.2, -0.15) is 4.98 Å². The van der Waals surface area contributed by atoms with Gasteiger partial charge in [0.1, 0.15) is 11.6 Å². The molecule has 0 spiro atoms. The monoisotopic (exact) mass is 286 g/mol. The lowest BCUT2D eigenvalue weighted by molar-refractivity contribution is 0.217. The van der Waals surface area contributed by atoms with Gasteiger partial charge >= 0.3 is 0 Å². The van der Waals surface area contributed by atoms with Crippen LogP contribution in [0.4, 0.5) is 17.5 Å². The van der Waals surface area contributed by atoms with Gasteiger partial charge in [-0.15, -0.1) is 0 Å². The van der Waals surface area contributed by atoms with Gasteiger partial charge < -0.3 is 15.4 Å². The van der Waals surface area contributed by atoms with Crippen molar-refractivity contribution in [2.75, 3.05) is 17.7 Å². The number of nitrogens with zero attached hydrogens (tertiary/aromatic N) is 2. The molecule has 1 unspecified atom stereocenters. The van der Waals surface area contributed by atoms with Crippen molar-refractivity contribution in [3.63, 3.8) is 0 Å². The molecule has 0 fully saturated rings. The molecule has 0 amide bonds. The molecule has 1 aromatic carbocycles. The minimum atomic E-state index is 0.205. The summed E-state index contributed by atoms with van der Waals surface area (Å²) >= 11 is 0. The summed E-state index contributed by atoms with van der Waals surface area (Å²) in [6.45, 7) is 6.14. The van der Waals surface area contributed by atoms with Crippen molar-refractivity contribution < 1.29 is 4.74 Å². The molecular formula is C16H22N4O. The van der Waals surface area contributed by atoms with Crippen LogP contribution < -0.4 is 15.4 Å². The molecule has 112 valence electrons. The molecule has 2 N–H and O–H groups in total. The number of anilines is 3. The number of aryl methyl sites for hydroxylation is 1. The number of aromatic nitrogens is 2. The van der Waals surface area contributed by atoms with Gasteiger partial charge in [0.25, 0.3) is 0 Å². The molecule has 2 aromatic rings. The summed E-state index contributed by atoms with van der Waals surface area (Å²) in [5.41, 5.74) is 1.93. The molecule has 0 aliphatic rings. The van der Waals surface area contributed by atoms with Crippen molar-refractivity contribution in [1.82, 2.24) is 9.97 Å². The molecule has 0 aliphatic carbocycles. The fraction of sp³-hybridized carbons (Fsp3) is 0.375. The van der Waals surface area contributed by atoms with Crippen LogP contribution >= 0.6 is 0 Å². The van der Waals surface area contributed by atoms with Crippen LogP contribution in [0, 0.1) is 6.92 Å². The van der Waals surface area contributed by atoms with Gasteiger partial charge in [0.2, 0.25) is 5.95 Å². The van der Waals surface area contributed by atoms with E-state index in [2.05, 4.69) is 34.4 Å². The second kappa shape index (κ2) is 6.92. The van der Waals surface area contributed by atoms with Gasteiger partial charge in [-0.25, -0.2) is 4.98 Å². The number of ether oxygens (including phenoxy) is 1. The molecule has 0 aliphatic heterocycles. The summed E-state index contributed by atoms with van der Waals surface area (Å²) in [7, 11) is 1.80. The van der Waals surface area contributed by atoms with Crippen LogP contribution in [-0.4, -0.2) is 23.1 Å². The number of hydrogen-bond donors (Lipinski definition) is 2. The predicted molar refractivity (Wildman–Crippen MR) is 86.4 cm³/mol. The maximum atomic E-state index is 5.83. The third-order valence-electron chi connectivity index (χ3n) is 3.20. The van der Waals surface area contributed by atoms with E-state index in [9.17, 15) is 0 Å². The maximum Gasteiger partial charge on any atom is 0.224 e. The molecule has 1 aromatic heterocycles. The molecule has 0 saturated heterocycles. The summed E-state index contributed by atoms with van der Waals surface area (Å²) in [5.74, 6) is 2.24. The molecule has 0 saturated carbocycles. The third kappa shape index (κ3) is 4.08. The van der Waals surface area contributed by atoms with E-state index in [-0.39, 0.29) is 6.10 Å². The summed E-state index contributed by atoms with van der Waals surface area (Å²) < 4.78 is 5.83. The number of rotatable bonds is 6. The average Bonchev–Trinajstić information content (AvgIpc) is 2.49.